The van der Waals surface area contributed by atoms with Gasteiger partial charge in [0.15, 0.2) is 18.2 Å². The molecule has 0 saturated carbocycles. The molecule has 0 aliphatic carbocycles. The number of aryl methyl sites for hydroxylation is 2. The molecule has 0 spiro atoms. The summed E-state index contributed by atoms with van der Waals surface area (Å²) in [6, 6.07) is 29.2. The number of rotatable bonds is 28. The number of benzene rings is 3. The zero-order chi connectivity index (χ0) is 43.8. The first kappa shape index (κ1) is 48.9. The molecule has 1 amide bonds. The molecule has 2 aliphatic heterocycles. The van der Waals surface area contributed by atoms with Crippen LogP contribution in [0, 0.1) is 0 Å². The second-order valence-electron chi connectivity index (χ2n) is 17.5. The number of hydrogen-bond donors (Lipinski definition) is 1. The fourth-order valence-corrected chi connectivity index (χ4v) is 8.29. The molecule has 0 radical (unpaired) electrons. The van der Waals surface area contributed by atoms with Crippen molar-refractivity contribution in [2.24, 2.45) is 0 Å². The third-order valence-corrected chi connectivity index (χ3v) is 11.7. The maximum Gasteiger partial charge on any atom is 0.306 e. The van der Waals surface area contributed by atoms with Gasteiger partial charge >= 0.3 is 11.9 Å². The molecule has 0 unspecified atom stereocenters. The fraction of sp³-hybridized carbons (Fsp3) is 0.596. The highest BCUT2D eigenvalue weighted by molar-refractivity contribution is 5.78. The third-order valence-electron chi connectivity index (χ3n) is 11.7. The number of esters is 2. The Bertz CT molecular complexity index is 1700. The first-order valence-corrected chi connectivity index (χ1v) is 23.6. The Labute approximate surface area is 371 Å². The number of nitrogens with one attached hydrogen (secondary N) is 1. The molecule has 0 bridgehead atoms. The lowest BCUT2D eigenvalue weighted by Gasteiger charge is -2.50. The van der Waals surface area contributed by atoms with Crippen molar-refractivity contribution in [3.05, 3.63) is 108 Å². The van der Waals surface area contributed by atoms with Gasteiger partial charge in [0, 0.05) is 12.8 Å². The minimum absolute atomic E-state index is 0.0433. The molecule has 10 nitrogen and oxygen atoms in total. The standard InChI is InChI=1S/C52H73NO9/c1-4-5-6-7-8-9-10-11-21-34-43(59-46(55)35-24-22-30-40-26-15-12-16-27-40)37-45(54)53-48-50(61-47(56)36-25-23-31-41-28-17-13-18-29-41)49-44(39-58-52(2,3)62-49)60-51(48)57-38-42-32-19-14-20-33-42/h12-20,26-29,32-33,43-44,48-51H,4-11,21-25,30-31,34-39H2,1-3H3,(H,53,54)/t43-,44+,48+,49+,50+,51+/m0/s1. The average Bonchev–Trinajstić information content (AvgIpc) is 3.27. The van der Waals surface area contributed by atoms with E-state index in [9.17, 15) is 14.4 Å². The summed E-state index contributed by atoms with van der Waals surface area (Å²) in [6.45, 7) is 6.24. The van der Waals surface area contributed by atoms with Crippen molar-refractivity contribution >= 4 is 17.8 Å². The molecule has 62 heavy (non-hydrogen) atoms. The summed E-state index contributed by atoms with van der Waals surface area (Å²) in [4.78, 5) is 41.2. The van der Waals surface area contributed by atoms with Crippen LogP contribution in [0.25, 0.3) is 0 Å². The normalized spacial score (nSPS) is 21.0. The van der Waals surface area contributed by atoms with Gasteiger partial charge in [-0.2, -0.15) is 0 Å². The van der Waals surface area contributed by atoms with E-state index < -0.39 is 42.5 Å². The predicted molar refractivity (Wildman–Crippen MR) is 241 cm³/mol. The Morgan fingerprint density at radius 3 is 1.84 bits per heavy atom. The Morgan fingerprint density at radius 1 is 0.694 bits per heavy atom. The number of carbonyl (C=O) groups excluding carboxylic acids is 3. The summed E-state index contributed by atoms with van der Waals surface area (Å²) in [5, 5.41) is 3.14. The van der Waals surface area contributed by atoms with E-state index in [0.717, 1.165) is 50.5 Å². The number of hydrogen-bond acceptors (Lipinski definition) is 9. The molecule has 1 N–H and O–H groups in total. The van der Waals surface area contributed by atoms with Crippen LogP contribution in [0.4, 0.5) is 0 Å². The zero-order valence-corrected chi connectivity index (χ0v) is 37.6. The minimum Gasteiger partial charge on any atom is -0.462 e. The summed E-state index contributed by atoms with van der Waals surface area (Å²) < 4.78 is 37.7. The molecule has 3 aromatic rings. The van der Waals surface area contributed by atoms with Gasteiger partial charge in [0.25, 0.3) is 0 Å². The minimum atomic E-state index is -0.993. The maximum absolute atomic E-state index is 14.2. The molecule has 10 heteroatoms. The fourth-order valence-electron chi connectivity index (χ4n) is 8.29. The van der Waals surface area contributed by atoms with Crippen LogP contribution in [-0.4, -0.2) is 67.0 Å². The number of fused-ring (bicyclic) bond motifs is 1. The van der Waals surface area contributed by atoms with Crippen molar-refractivity contribution in [1.82, 2.24) is 5.32 Å². The van der Waals surface area contributed by atoms with Gasteiger partial charge in [-0.3, -0.25) is 14.4 Å². The third kappa shape index (κ3) is 17.9. The lowest BCUT2D eigenvalue weighted by atomic mass is 9.94. The Kier molecular flexibility index (Phi) is 21.4. The highest BCUT2D eigenvalue weighted by atomic mass is 16.8. The van der Waals surface area contributed by atoms with Crippen LogP contribution < -0.4 is 5.32 Å². The molecule has 2 heterocycles. The van der Waals surface area contributed by atoms with Gasteiger partial charge in [-0.05, 0) is 81.9 Å². The van der Waals surface area contributed by atoms with Gasteiger partial charge < -0.3 is 33.7 Å². The number of ether oxygens (including phenoxy) is 6. The van der Waals surface area contributed by atoms with Crippen LogP contribution in [-0.2, 0) is 62.3 Å². The molecular weight excluding hydrogens is 783 g/mol. The topological polar surface area (TPSA) is 119 Å². The number of amides is 1. The van der Waals surface area contributed by atoms with Crippen LogP contribution in [0.1, 0.15) is 147 Å². The van der Waals surface area contributed by atoms with E-state index in [0.29, 0.717) is 19.3 Å². The zero-order valence-electron chi connectivity index (χ0n) is 37.6. The van der Waals surface area contributed by atoms with Crippen LogP contribution in [0.15, 0.2) is 91.0 Å². The van der Waals surface area contributed by atoms with Gasteiger partial charge in [0.2, 0.25) is 5.91 Å². The highest BCUT2D eigenvalue weighted by Crippen LogP contribution is 2.35. The van der Waals surface area contributed by atoms with Crippen molar-refractivity contribution < 1.29 is 42.8 Å². The van der Waals surface area contributed by atoms with Gasteiger partial charge in [0.1, 0.15) is 24.4 Å². The van der Waals surface area contributed by atoms with Crippen LogP contribution in [0.2, 0.25) is 0 Å². The van der Waals surface area contributed by atoms with Crippen molar-refractivity contribution in [1.29, 1.82) is 0 Å². The smallest absolute Gasteiger partial charge is 0.306 e. The summed E-state index contributed by atoms with van der Waals surface area (Å²) in [6.07, 6.45) is 12.4. The molecule has 3 aromatic carbocycles. The number of carbonyl (C=O) groups is 3. The van der Waals surface area contributed by atoms with E-state index in [2.05, 4.69) is 36.5 Å². The Balaban J connectivity index is 1.26. The molecular formula is C52H73NO9. The van der Waals surface area contributed by atoms with E-state index in [4.69, 9.17) is 28.4 Å². The molecule has 340 valence electrons. The summed E-state index contributed by atoms with van der Waals surface area (Å²) in [7, 11) is 0. The Hall–Kier alpha value is -4.09. The molecule has 6 atom stereocenters. The number of unbranched alkanes of at least 4 members (excludes halogenated alkanes) is 10. The van der Waals surface area contributed by atoms with E-state index in [1.54, 1.807) is 0 Å². The first-order chi connectivity index (χ1) is 30.2. The van der Waals surface area contributed by atoms with Gasteiger partial charge in [-0.25, -0.2) is 0 Å². The van der Waals surface area contributed by atoms with Gasteiger partial charge in [-0.1, -0.05) is 149 Å². The predicted octanol–water partition coefficient (Wildman–Crippen LogP) is 10.5. The van der Waals surface area contributed by atoms with Crippen LogP contribution >= 0.6 is 0 Å². The van der Waals surface area contributed by atoms with Crippen LogP contribution in [0.5, 0.6) is 0 Å². The van der Waals surface area contributed by atoms with Crippen molar-refractivity contribution in [3.63, 3.8) is 0 Å². The monoisotopic (exact) mass is 856 g/mol. The van der Waals surface area contributed by atoms with E-state index in [1.165, 1.54) is 49.7 Å². The average molecular weight is 856 g/mol. The van der Waals surface area contributed by atoms with Crippen molar-refractivity contribution in [2.75, 3.05) is 6.61 Å². The van der Waals surface area contributed by atoms with Gasteiger partial charge in [0.05, 0.1) is 19.6 Å². The largest absolute Gasteiger partial charge is 0.462 e. The van der Waals surface area contributed by atoms with Gasteiger partial charge in [-0.15, -0.1) is 0 Å². The van der Waals surface area contributed by atoms with E-state index >= 15 is 0 Å². The van der Waals surface area contributed by atoms with Crippen molar-refractivity contribution in [2.45, 2.75) is 192 Å². The van der Waals surface area contributed by atoms with Crippen LogP contribution in [0.3, 0.4) is 0 Å². The lowest BCUT2D eigenvalue weighted by Crippen LogP contribution is -2.69. The molecule has 5 rings (SSSR count). The first-order valence-electron chi connectivity index (χ1n) is 23.6. The highest BCUT2D eigenvalue weighted by Gasteiger charge is 2.54. The summed E-state index contributed by atoms with van der Waals surface area (Å²) >= 11 is 0. The maximum atomic E-state index is 14.2. The second kappa shape index (κ2) is 27.2. The van der Waals surface area contributed by atoms with E-state index in [1.807, 2.05) is 80.6 Å². The second-order valence-corrected chi connectivity index (χ2v) is 17.5. The SMILES string of the molecule is CCCCCCCCCCC[C@@H](CC(=O)N[C@H]1[C@H](OCc2ccccc2)O[C@@H]2COC(C)(C)O[C@H]2[C@@H]1OC(=O)CCCCc1ccccc1)OC(=O)CCCCc1ccccc1. The summed E-state index contributed by atoms with van der Waals surface area (Å²) in [5.41, 5.74) is 3.38. The van der Waals surface area contributed by atoms with Crippen molar-refractivity contribution in [3.8, 4) is 0 Å². The molecule has 2 fully saturated rings. The Morgan fingerprint density at radius 2 is 1.24 bits per heavy atom. The molecule has 2 aliphatic rings. The lowest BCUT2D eigenvalue weighted by molar-refractivity contribution is -0.370. The molecule has 2 saturated heterocycles. The molecule has 0 aromatic heterocycles. The summed E-state index contributed by atoms with van der Waals surface area (Å²) in [5.74, 6) is -2.01. The quantitative estimate of drug-likeness (QED) is 0.0562. The van der Waals surface area contributed by atoms with E-state index in [-0.39, 0.29) is 50.3 Å².